The first kappa shape index (κ1) is 14.2. The highest BCUT2D eigenvalue weighted by Gasteiger charge is 2.16. The third-order valence-corrected chi connectivity index (χ3v) is 3.36. The zero-order valence-corrected chi connectivity index (χ0v) is 10.8. The van der Waals surface area contributed by atoms with Crippen molar-refractivity contribution in [3.8, 4) is 0 Å². The van der Waals surface area contributed by atoms with Crippen LogP contribution in [-0.2, 0) is 0 Å². The Balaban J connectivity index is 2.58. The van der Waals surface area contributed by atoms with Gasteiger partial charge in [0.2, 0.25) is 0 Å². The van der Waals surface area contributed by atoms with Crippen molar-refractivity contribution >= 4 is 0 Å². The molecule has 0 spiro atoms. The van der Waals surface area contributed by atoms with Gasteiger partial charge in [0.25, 0.3) is 0 Å². The molecule has 17 heavy (non-hydrogen) atoms. The molecular formula is C15H23FO. The predicted octanol–water partition coefficient (Wildman–Crippen LogP) is 4.47. The first-order chi connectivity index (χ1) is 8.19. The van der Waals surface area contributed by atoms with Gasteiger partial charge in [0, 0.05) is 5.56 Å². The number of aliphatic hydroxyl groups excluding tert-OH is 1. The summed E-state index contributed by atoms with van der Waals surface area (Å²) in [6.45, 7) is 4.30. The smallest absolute Gasteiger partial charge is 0.128 e. The topological polar surface area (TPSA) is 20.2 Å². The van der Waals surface area contributed by atoms with E-state index in [-0.39, 0.29) is 5.82 Å². The van der Waals surface area contributed by atoms with Crippen LogP contribution >= 0.6 is 0 Å². The van der Waals surface area contributed by atoms with Crippen molar-refractivity contribution in [2.24, 2.45) is 5.92 Å². The van der Waals surface area contributed by atoms with Crippen LogP contribution in [0, 0.1) is 11.7 Å². The number of benzene rings is 1. The second-order valence-corrected chi connectivity index (χ2v) is 4.69. The molecule has 0 amide bonds. The van der Waals surface area contributed by atoms with Gasteiger partial charge in [-0.15, -0.1) is 0 Å². The Morgan fingerprint density at radius 2 is 1.94 bits per heavy atom. The first-order valence-electron chi connectivity index (χ1n) is 6.61. The van der Waals surface area contributed by atoms with Crippen molar-refractivity contribution in [2.75, 3.05) is 0 Å². The number of unbranched alkanes of at least 4 members (excludes halogenated alkanes) is 1. The average Bonchev–Trinajstić information content (AvgIpc) is 2.34. The molecule has 0 bridgehead atoms. The second-order valence-electron chi connectivity index (χ2n) is 4.69. The number of halogens is 1. The molecule has 0 aromatic heterocycles. The number of aliphatic hydroxyl groups is 1. The van der Waals surface area contributed by atoms with Gasteiger partial charge in [0.15, 0.2) is 0 Å². The van der Waals surface area contributed by atoms with Gasteiger partial charge >= 0.3 is 0 Å². The molecule has 0 aliphatic carbocycles. The van der Waals surface area contributed by atoms with Gasteiger partial charge in [-0.05, 0) is 18.4 Å². The average molecular weight is 238 g/mol. The van der Waals surface area contributed by atoms with E-state index in [1.54, 1.807) is 18.2 Å². The lowest BCUT2D eigenvalue weighted by molar-refractivity contribution is 0.135. The number of hydrogen-bond acceptors (Lipinski definition) is 1. The van der Waals surface area contributed by atoms with Crippen molar-refractivity contribution in [1.29, 1.82) is 0 Å². The molecule has 0 heterocycles. The highest BCUT2D eigenvalue weighted by atomic mass is 19.1. The maximum absolute atomic E-state index is 13.5. The molecule has 2 heteroatoms. The predicted molar refractivity (Wildman–Crippen MR) is 69.3 cm³/mol. The van der Waals surface area contributed by atoms with Gasteiger partial charge in [-0.1, -0.05) is 57.7 Å². The van der Waals surface area contributed by atoms with Crippen LogP contribution in [0.3, 0.4) is 0 Å². The Kier molecular flexibility index (Phi) is 6.20. The minimum atomic E-state index is -0.669. The Hall–Kier alpha value is -0.890. The van der Waals surface area contributed by atoms with Crippen molar-refractivity contribution in [2.45, 2.75) is 52.1 Å². The van der Waals surface area contributed by atoms with E-state index in [4.69, 9.17) is 0 Å². The third-order valence-electron chi connectivity index (χ3n) is 3.36. The molecule has 0 radical (unpaired) electrons. The quantitative estimate of drug-likeness (QED) is 0.743. The Morgan fingerprint density at radius 1 is 1.24 bits per heavy atom. The first-order valence-corrected chi connectivity index (χ1v) is 6.61. The van der Waals surface area contributed by atoms with Crippen LogP contribution in [0.2, 0.25) is 0 Å². The minimum Gasteiger partial charge on any atom is -0.388 e. The zero-order chi connectivity index (χ0) is 12.7. The molecule has 1 aromatic carbocycles. The molecule has 0 saturated carbocycles. The third kappa shape index (κ3) is 4.47. The summed E-state index contributed by atoms with van der Waals surface area (Å²) in [6.07, 6.45) is 4.52. The van der Waals surface area contributed by atoms with E-state index in [1.165, 1.54) is 18.9 Å². The number of hydrogen-bond donors (Lipinski definition) is 1. The molecule has 1 nitrogen and oxygen atoms in total. The van der Waals surface area contributed by atoms with Crippen LogP contribution in [0.4, 0.5) is 4.39 Å². The van der Waals surface area contributed by atoms with Gasteiger partial charge < -0.3 is 5.11 Å². The van der Waals surface area contributed by atoms with Gasteiger partial charge in [-0.2, -0.15) is 0 Å². The lowest BCUT2D eigenvalue weighted by Crippen LogP contribution is -2.08. The van der Waals surface area contributed by atoms with E-state index < -0.39 is 6.10 Å². The molecular weight excluding hydrogens is 215 g/mol. The molecule has 0 fully saturated rings. The van der Waals surface area contributed by atoms with Gasteiger partial charge in [0.1, 0.15) is 5.82 Å². The van der Waals surface area contributed by atoms with E-state index in [2.05, 4.69) is 13.8 Å². The molecule has 0 aliphatic rings. The normalized spacial score (nSPS) is 14.6. The SMILES string of the molecule is CCCCC(CC)CC(O)c1ccccc1F. The summed E-state index contributed by atoms with van der Waals surface area (Å²) in [5.74, 6) is 0.190. The van der Waals surface area contributed by atoms with Crippen molar-refractivity contribution in [3.63, 3.8) is 0 Å². The van der Waals surface area contributed by atoms with Crippen LogP contribution in [-0.4, -0.2) is 5.11 Å². The van der Waals surface area contributed by atoms with E-state index in [0.29, 0.717) is 17.9 Å². The second kappa shape index (κ2) is 7.44. The molecule has 1 N–H and O–H groups in total. The minimum absolute atomic E-state index is 0.301. The van der Waals surface area contributed by atoms with Crippen LogP contribution in [0.1, 0.15) is 57.6 Å². The molecule has 1 aromatic rings. The van der Waals surface area contributed by atoms with E-state index in [9.17, 15) is 9.50 Å². The highest BCUT2D eigenvalue weighted by molar-refractivity contribution is 5.19. The Labute approximate surface area is 104 Å². The maximum Gasteiger partial charge on any atom is 0.128 e. The Morgan fingerprint density at radius 3 is 2.53 bits per heavy atom. The van der Waals surface area contributed by atoms with Gasteiger partial charge in [-0.25, -0.2) is 4.39 Å². The van der Waals surface area contributed by atoms with E-state index in [0.717, 1.165) is 12.8 Å². The molecule has 1 rings (SSSR count). The summed E-state index contributed by atoms with van der Waals surface area (Å²) in [6, 6.07) is 6.51. The van der Waals surface area contributed by atoms with E-state index in [1.807, 2.05) is 0 Å². The van der Waals surface area contributed by atoms with Crippen LogP contribution in [0.25, 0.3) is 0 Å². The summed E-state index contributed by atoms with van der Waals surface area (Å²) >= 11 is 0. The fourth-order valence-electron chi connectivity index (χ4n) is 2.17. The fraction of sp³-hybridized carbons (Fsp3) is 0.600. The van der Waals surface area contributed by atoms with Crippen molar-refractivity contribution < 1.29 is 9.50 Å². The van der Waals surface area contributed by atoms with Gasteiger partial charge in [0.05, 0.1) is 6.10 Å². The lowest BCUT2D eigenvalue weighted by Gasteiger charge is -2.19. The monoisotopic (exact) mass is 238 g/mol. The largest absolute Gasteiger partial charge is 0.388 e. The summed E-state index contributed by atoms with van der Waals surface area (Å²) in [7, 11) is 0. The van der Waals surface area contributed by atoms with Crippen LogP contribution in [0.5, 0.6) is 0 Å². The summed E-state index contributed by atoms with van der Waals surface area (Å²) in [5, 5.41) is 10.1. The summed E-state index contributed by atoms with van der Waals surface area (Å²) < 4.78 is 13.5. The zero-order valence-electron chi connectivity index (χ0n) is 10.8. The van der Waals surface area contributed by atoms with Gasteiger partial charge in [-0.3, -0.25) is 0 Å². The highest BCUT2D eigenvalue weighted by Crippen LogP contribution is 2.27. The Bertz CT molecular complexity index is 324. The summed E-state index contributed by atoms with van der Waals surface area (Å²) in [5.41, 5.74) is 0.433. The van der Waals surface area contributed by atoms with Crippen LogP contribution in [0.15, 0.2) is 24.3 Å². The van der Waals surface area contributed by atoms with E-state index >= 15 is 0 Å². The fourth-order valence-corrected chi connectivity index (χ4v) is 2.17. The lowest BCUT2D eigenvalue weighted by atomic mass is 9.90. The van der Waals surface area contributed by atoms with Crippen LogP contribution < -0.4 is 0 Å². The maximum atomic E-state index is 13.5. The molecule has 96 valence electrons. The number of rotatable bonds is 7. The van der Waals surface area contributed by atoms with Crippen molar-refractivity contribution in [3.05, 3.63) is 35.6 Å². The molecule has 2 atom stereocenters. The molecule has 0 saturated heterocycles. The molecule has 0 aliphatic heterocycles. The van der Waals surface area contributed by atoms with Crippen molar-refractivity contribution in [1.82, 2.24) is 0 Å². The summed E-state index contributed by atoms with van der Waals surface area (Å²) in [4.78, 5) is 0. The standard InChI is InChI=1S/C15H23FO/c1-3-5-8-12(4-2)11-15(17)13-9-6-7-10-14(13)16/h6-7,9-10,12,15,17H,3-5,8,11H2,1-2H3. The molecule has 2 unspecified atom stereocenters.